The molecule has 2 atom stereocenters. The Labute approximate surface area is 138 Å². The number of fused-ring (bicyclic) bond motifs is 1. The average molecular weight is 318 g/mol. The highest BCUT2D eigenvalue weighted by atomic mass is 16.6. The van der Waals surface area contributed by atoms with Crippen LogP contribution in [0.25, 0.3) is 0 Å². The summed E-state index contributed by atoms with van der Waals surface area (Å²) in [4.78, 5) is 16.5. The first-order valence-corrected chi connectivity index (χ1v) is 8.22. The van der Waals surface area contributed by atoms with Crippen molar-refractivity contribution in [1.82, 2.24) is 4.90 Å². The van der Waals surface area contributed by atoms with Crippen LogP contribution < -0.4 is 9.64 Å². The van der Waals surface area contributed by atoms with Crippen molar-refractivity contribution in [3.05, 3.63) is 24.3 Å². The van der Waals surface area contributed by atoms with Gasteiger partial charge in [0.2, 0.25) is 0 Å². The lowest BCUT2D eigenvalue weighted by atomic mass is 10.0. The maximum absolute atomic E-state index is 12.2. The van der Waals surface area contributed by atoms with Crippen molar-refractivity contribution in [2.75, 3.05) is 38.2 Å². The molecule has 0 bridgehead atoms. The SMILES string of the molecule is COc1cccc(N2C[C@@H]3CN(C(=O)OC(C)(C)C)C[C@H]3C2)c1. The first-order chi connectivity index (χ1) is 10.9. The molecule has 2 aliphatic heterocycles. The number of rotatable bonds is 2. The van der Waals surface area contributed by atoms with Gasteiger partial charge in [-0.25, -0.2) is 4.79 Å². The third-order valence-corrected chi connectivity index (χ3v) is 4.56. The predicted octanol–water partition coefficient (Wildman–Crippen LogP) is 3.00. The van der Waals surface area contributed by atoms with E-state index >= 15 is 0 Å². The van der Waals surface area contributed by atoms with Crippen LogP contribution in [0.1, 0.15) is 20.8 Å². The Morgan fingerprint density at radius 1 is 1.13 bits per heavy atom. The van der Waals surface area contributed by atoms with Crippen molar-refractivity contribution in [3.8, 4) is 5.75 Å². The molecule has 0 spiro atoms. The Balaban J connectivity index is 1.60. The lowest BCUT2D eigenvalue weighted by Gasteiger charge is -2.26. The molecule has 1 aromatic carbocycles. The second-order valence-corrected chi connectivity index (χ2v) is 7.51. The lowest BCUT2D eigenvalue weighted by molar-refractivity contribution is 0.0282. The minimum absolute atomic E-state index is 0.181. The molecule has 0 N–H and O–H groups in total. The molecule has 23 heavy (non-hydrogen) atoms. The topological polar surface area (TPSA) is 42.0 Å². The van der Waals surface area contributed by atoms with E-state index < -0.39 is 5.60 Å². The van der Waals surface area contributed by atoms with Crippen LogP contribution in [0.15, 0.2) is 24.3 Å². The van der Waals surface area contributed by atoms with Crippen LogP contribution in [0.4, 0.5) is 10.5 Å². The molecule has 0 aromatic heterocycles. The number of likely N-dealkylation sites (tertiary alicyclic amines) is 1. The minimum Gasteiger partial charge on any atom is -0.497 e. The van der Waals surface area contributed by atoms with Gasteiger partial charge in [-0.2, -0.15) is 0 Å². The van der Waals surface area contributed by atoms with E-state index in [2.05, 4.69) is 17.0 Å². The van der Waals surface area contributed by atoms with E-state index in [1.807, 2.05) is 37.8 Å². The molecule has 1 amide bonds. The van der Waals surface area contributed by atoms with Crippen LogP contribution in [0.2, 0.25) is 0 Å². The largest absolute Gasteiger partial charge is 0.497 e. The highest BCUT2D eigenvalue weighted by molar-refractivity contribution is 5.68. The molecule has 0 unspecified atom stereocenters. The third kappa shape index (κ3) is 3.54. The molecule has 2 heterocycles. The van der Waals surface area contributed by atoms with Gasteiger partial charge in [0, 0.05) is 49.8 Å². The van der Waals surface area contributed by atoms with Gasteiger partial charge in [0.05, 0.1) is 7.11 Å². The number of hydrogen-bond acceptors (Lipinski definition) is 4. The van der Waals surface area contributed by atoms with Crippen LogP contribution in [-0.4, -0.2) is 49.9 Å². The van der Waals surface area contributed by atoms with Crippen molar-refractivity contribution >= 4 is 11.8 Å². The van der Waals surface area contributed by atoms with Gasteiger partial charge >= 0.3 is 6.09 Å². The van der Waals surface area contributed by atoms with E-state index in [4.69, 9.17) is 9.47 Å². The molecule has 2 saturated heterocycles. The zero-order valence-corrected chi connectivity index (χ0v) is 14.4. The summed E-state index contributed by atoms with van der Waals surface area (Å²) < 4.78 is 10.8. The molecular weight excluding hydrogens is 292 g/mol. The Kier molecular flexibility index (Phi) is 4.13. The summed E-state index contributed by atoms with van der Waals surface area (Å²) in [5.74, 6) is 1.93. The summed E-state index contributed by atoms with van der Waals surface area (Å²) in [6, 6.07) is 8.18. The monoisotopic (exact) mass is 318 g/mol. The lowest BCUT2D eigenvalue weighted by Crippen LogP contribution is -2.37. The average Bonchev–Trinajstić information content (AvgIpc) is 3.04. The smallest absolute Gasteiger partial charge is 0.410 e. The Hall–Kier alpha value is -1.91. The molecule has 0 radical (unpaired) electrons. The van der Waals surface area contributed by atoms with Crippen molar-refractivity contribution in [2.24, 2.45) is 11.8 Å². The maximum atomic E-state index is 12.2. The van der Waals surface area contributed by atoms with Crippen LogP contribution in [0, 0.1) is 11.8 Å². The second-order valence-electron chi connectivity index (χ2n) is 7.51. The van der Waals surface area contributed by atoms with Crippen LogP contribution in [0.5, 0.6) is 5.75 Å². The zero-order chi connectivity index (χ0) is 16.6. The number of amides is 1. The summed E-state index contributed by atoms with van der Waals surface area (Å²) in [5, 5.41) is 0. The van der Waals surface area contributed by atoms with Crippen LogP contribution in [0.3, 0.4) is 0 Å². The number of nitrogens with zero attached hydrogens (tertiary/aromatic N) is 2. The van der Waals surface area contributed by atoms with E-state index in [0.29, 0.717) is 11.8 Å². The normalized spacial score (nSPS) is 23.8. The fourth-order valence-corrected chi connectivity index (χ4v) is 3.49. The van der Waals surface area contributed by atoms with Crippen molar-refractivity contribution in [2.45, 2.75) is 26.4 Å². The Bertz CT molecular complexity index is 568. The van der Waals surface area contributed by atoms with E-state index in [1.165, 1.54) is 5.69 Å². The molecule has 126 valence electrons. The zero-order valence-electron chi connectivity index (χ0n) is 14.4. The quantitative estimate of drug-likeness (QED) is 0.841. The summed E-state index contributed by atoms with van der Waals surface area (Å²) in [6.45, 7) is 9.28. The van der Waals surface area contributed by atoms with E-state index in [9.17, 15) is 4.79 Å². The van der Waals surface area contributed by atoms with Crippen molar-refractivity contribution in [1.29, 1.82) is 0 Å². The number of carbonyl (C=O) groups excluding carboxylic acids is 1. The number of hydrogen-bond donors (Lipinski definition) is 0. The number of carbonyl (C=O) groups is 1. The maximum Gasteiger partial charge on any atom is 0.410 e. The van der Waals surface area contributed by atoms with Gasteiger partial charge in [-0.1, -0.05) is 6.07 Å². The van der Waals surface area contributed by atoms with E-state index in [-0.39, 0.29) is 6.09 Å². The highest BCUT2D eigenvalue weighted by Crippen LogP contribution is 2.35. The molecule has 2 aliphatic rings. The minimum atomic E-state index is -0.429. The molecule has 0 aliphatic carbocycles. The predicted molar refractivity (Wildman–Crippen MR) is 90.0 cm³/mol. The van der Waals surface area contributed by atoms with Crippen molar-refractivity contribution < 1.29 is 14.3 Å². The fraction of sp³-hybridized carbons (Fsp3) is 0.611. The van der Waals surface area contributed by atoms with E-state index in [1.54, 1.807) is 7.11 Å². The standard InChI is InChI=1S/C18H26N2O3/c1-18(2,3)23-17(21)20-11-13-9-19(10-14(13)12-20)15-6-5-7-16(8-15)22-4/h5-8,13-14H,9-12H2,1-4H3/t13-,14-/m1/s1. The fourth-order valence-electron chi connectivity index (χ4n) is 3.49. The summed E-state index contributed by atoms with van der Waals surface area (Å²) in [7, 11) is 1.69. The number of methoxy groups -OCH3 is 1. The van der Waals surface area contributed by atoms with Gasteiger partial charge < -0.3 is 19.3 Å². The number of anilines is 1. The summed E-state index contributed by atoms with van der Waals surface area (Å²) >= 11 is 0. The van der Waals surface area contributed by atoms with Gasteiger partial charge in [-0.05, 0) is 32.9 Å². The molecule has 0 saturated carbocycles. The number of benzene rings is 1. The number of ether oxygens (including phenoxy) is 2. The highest BCUT2D eigenvalue weighted by Gasteiger charge is 2.42. The van der Waals surface area contributed by atoms with E-state index in [0.717, 1.165) is 31.9 Å². The Morgan fingerprint density at radius 3 is 2.35 bits per heavy atom. The van der Waals surface area contributed by atoms with Crippen molar-refractivity contribution in [3.63, 3.8) is 0 Å². The summed E-state index contributed by atoms with van der Waals surface area (Å²) in [6.07, 6.45) is -0.181. The summed E-state index contributed by atoms with van der Waals surface area (Å²) in [5.41, 5.74) is 0.768. The first-order valence-electron chi connectivity index (χ1n) is 8.22. The molecule has 2 fully saturated rings. The van der Waals surface area contributed by atoms with Crippen LogP contribution in [-0.2, 0) is 4.74 Å². The third-order valence-electron chi connectivity index (χ3n) is 4.56. The van der Waals surface area contributed by atoms with Gasteiger partial charge in [-0.15, -0.1) is 0 Å². The molecule has 5 heteroatoms. The second kappa shape index (κ2) is 5.95. The Morgan fingerprint density at radius 2 is 1.78 bits per heavy atom. The molecule has 5 nitrogen and oxygen atoms in total. The van der Waals surface area contributed by atoms with Gasteiger partial charge in [0.25, 0.3) is 0 Å². The van der Waals surface area contributed by atoms with Crippen LogP contribution >= 0.6 is 0 Å². The molecule has 3 rings (SSSR count). The first kappa shape index (κ1) is 16.0. The molecular formula is C18H26N2O3. The van der Waals surface area contributed by atoms with Gasteiger partial charge in [0.15, 0.2) is 0 Å². The van der Waals surface area contributed by atoms with Gasteiger partial charge in [0.1, 0.15) is 11.4 Å². The van der Waals surface area contributed by atoms with Gasteiger partial charge in [-0.3, -0.25) is 0 Å². The molecule has 1 aromatic rings.